The maximum Gasteiger partial charge on any atom is 0.266 e. The van der Waals surface area contributed by atoms with Crippen LogP contribution in [0.1, 0.15) is 31.2 Å². The molecule has 0 atom stereocenters. The topological polar surface area (TPSA) is 49.4 Å². The Hall–Kier alpha value is -1.86. The average Bonchev–Trinajstić information content (AvgIpc) is 2.96. The van der Waals surface area contributed by atoms with Crippen LogP contribution in [0.25, 0.3) is 6.08 Å². The molecule has 1 saturated heterocycles. The Morgan fingerprint density at radius 3 is 2.57 bits per heavy atom. The van der Waals surface area contributed by atoms with Gasteiger partial charge in [-0.1, -0.05) is 71.8 Å². The number of thioether (sulfide) groups is 1. The van der Waals surface area contributed by atoms with Crippen LogP contribution in [0.5, 0.6) is 0 Å². The molecule has 0 bridgehead atoms. The molecule has 156 valence electrons. The molecule has 1 N–H and O–H groups in total. The maximum absolute atomic E-state index is 12.6. The van der Waals surface area contributed by atoms with Crippen molar-refractivity contribution < 1.29 is 9.59 Å². The molecule has 2 aromatic rings. The van der Waals surface area contributed by atoms with Crippen LogP contribution in [0.2, 0.25) is 10.0 Å². The number of hydrogen-bond donors (Lipinski definition) is 1. The van der Waals surface area contributed by atoms with Crippen molar-refractivity contribution in [1.29, 1.82) is 0 Å². The normalized spacial score (nSPS) is 15.1. The Bertz CT molecular complexity index is 977. The van der Waals surface area contributed by atoms with Gasteiger partial charge in [0.2, 0.25) is 5.91 Å². The van der Waals surface area contributed by atoms with E-state index >= 15 is 0 Å². The predicted molar refractivity (Wildman–Crippen MR) is 130 cm³/mol. The summed E-state index contributed by atoms with van der Waals surface area (Å²) in [5.41, 5.74) is 1.60. The van der Waals surface area contributed by atoms with Gasteiger partial charge < -0.3 is 5.32 Å². The Morgan fingerprint density at radius 2 is 1.83 bits per heavy atom. The lowest BCUT2D eigenvalue weighted by molar-refractivity contribution is -0.122. The zero-order chi connectivity index (χ0) is 21.5. The first-order chi connectivity index (χ1) is 14.4. The Kier molecular flexibility index (Phi) is 8.33. The number of carbonyl (C=O) groups is 2. The van der Waals surface area contributed by atoms with Crippen LogP contribution in [0, 0.1) is 0 Å². The SMILES string of the molecule is O=C(CCCCCN1C(=O)/C(=C/c2ccc(Cl)cc2)SC1=S)Nc1cccc(Cl)c1. The van der Waals surface area contributed by atoms with Crippen LogP contribution in [0.15, 0.2) is 53.4 Å². The minimum absolute atomic E-state index is 0.0474. The summed E-state index contributed by atoms with van der Waals surface area (Å²) in [7, 11) is 0. The molecule has 2 aromatic carbocycles. The number of benzene rings is 2. The highest BCUT2D eigenvalue weighted by atomic mass is 35.5. The zero-order valence-electron chi connectivity index (χ0n) is 16.1. The fraction of sp³-hybridized carbons (Fsp3) is 0.227. The highest BCUT2D eigenvalue weighted by Gasteiger charge is 2.31. The quantitative estimate of drug-likeness (QED) is 0.271. The van der Waals surface area contributed by atoms with Crippen molar-refractivity contribution in [3.63, 3.8) is 0 Å². The van der Waals surface area contributed by atoms with E-state index < -0.39 is 0 Å². The van der Waals surface area contributed by atoms with Gasteiger partial charge in [-0.25, -0.2) is 0 Å². The van der Waals surface area contributed by atoms with Crippen LogP contribution in [-0.4, -0.2) is 27.6 Å². The first-order valence-electron chi connectivity index (χ1n) is 9.49. The molecule has 0 unspecified atom stereocenters. The number of anilines is 1. The van der Waals surface area contributed by atoms with Crippen molar-refractivity contribution >= 4 is 75.1 Å². The summed E-state index contributed by atoms with van der Waals surface area (Å²) >= 11 is 18.5. The van der Waals surface area contributed by atoms with E-state index in [0.29, 0.717) is 37.9 Å². The molecule has 0 aromatic heterocycles. The van der Waals surface area contributed by atoms with E-state index in [-0.39, 0.29) is 11.8 Å². The molecule has 30 heavy (non-hydrogen) atoms. The molecule has 1 aliphatic heterocycles. The third-order valence-electron chi connectivity index (χ3n) is 4.44. The predicted octanol–water partition coefficient (Wildman–Crippen LogP) is 6.39. The number of carbonyl (C=O) groups excluding carboxylic acids is 2. The Labute approximate surface area is 195 Å². The monoisotopic (exact) mass is 478 g/mol. The highest BCUT2D eigenvalue weighted by molar-refractivity contribution is 8.26. The van der Waals surface area contributed by atoms with E-state index in [2.05, 4.69) is 5.32 Å². The van der Waals surface area contributed by atoms with Crippen molar-refractivity contribution in [2.24, 2.45) is 0 Å². The molecule has 0 aliphatic carbocycles. The number of unbranched alkanes of at least 4 members (excludes halogenated alkanes) is 2. The maximum atomic E-state index is 12.6. The molecule has 4 nitrogen and oxygen atoms in total. The van der Waals surface area contributed by atoms with Crippen molar-refractivity contribution in [3.8, 4) is 0 Å². The molecule has 2 amide bonds. The summed E-state index contributed by atoms with van der Waals surface area (Å²) in [6.07, 6.45) is 4.60. The number of amides is 2. The lowest BCUT2D eigenvalue weighted by Gasteiger charge is -2.14. The molecule has 3 rings (SSSR count). The lowest BCUT2D eigenvalue weighted by atomic mass is 10.1. The van der Waals surface area contributed by atoms with Crippen molar-refractivity contribution in [1.82, 2.24) is 4.90 Å². The minimum Gasteiger partial charge on any atom is -0.326 e. The molecular formula is C22H20Cl2N2O2S2. The fourth-order valence-corrected chi connectivity index (χ4v) is 4.55. The van der Waals surface area contributed by atoms with E-state index in [1.165, 1.54) is 11.8 Å². The van der Waals surface area contributed by atoms with Crippen molar-refractivity contribution in [2.45, 2.75) is 25.7 Å². The first kappa shape index (κ1) is 22.8. The summed E-state index contributed by atoms with van der Waals surface area (Å²) in [6.45, 7) is 0.554. The number of hydrogen-bond acceptors (Lipinski definition) is 4. The van der Waals surface area contributed by atoms with Crippen LogP contribution in [0.4, 0.5) is 5.69 Å². The van der Waals surface area contributed by atoms with Gasteiger partial charge in [0.15, 0.2) is 0 Å². The first-order valence-corrected chi connectivity index (χ1v) is 11.5. The van der Waals surface area contributed by atoms with Gasteiger partial charge in [0.1, 0.15) is 4.32 Å². The van der Waals surface area contributed by atoms with Crippen molar-refractivity contribution in [2.75, 3.05) is 11.9 Å². The second-order valence-corrected chi connectivity index (χ2v) is 9.30. The Balaban J connectivity index is 1.41. The molecule has 8 heteroatoms. The van der Waals surface area contributed by atoms with Gasteiger partial charge in [-0.2, -0.15) is 0 Å². The second-order valence-electron chi connectivity index (χ2n) is 6.75. The molecule has 0 radical (unpaired) electrons. The Morgan fingerprint density at radius 1 is 1.07 bits per heavy atom. The molecule has 1 aliphatic rings. The molecule has 1 heterocycles. The van der Waals surface area contributed by atoms with E-state index in [9.17, 15) is 9.59 Å². The number of halogens is 2. The summed E-state index contributed by atoms with van der Waals surface area (Å²) in [5, 5.41) is 4.07. The van der Waals surface area contributed by atoms with Gasteiger partial charge in [0.05, 0.1) is 4.91 Å². The van der Waals surface area contributed by atoms with E-state index in [1.54, 1.807) is 41.3 Å². The number of nitrogens with zero attached hydrogens (tertiary/aromatic N) is 1. The van der Waals surface area contributed by atoms with Gasteiger partial charge in [0.25, 0.3) is 5.91 Å². The number of thiocarbonyl (C=S) groups is 1. The molecule has 1 fully saturated rings. The molecule has 0 spiro atoms. The highest BCUT2D eigenvalue weighted by Crippen LogP contribution is 2.33. The summed E-state index contributed by atoms with van der Waals surface area (Å²) < 4.78 is 0.568. The van der Waals surface area contributed by atoms with E-state index in [4.69, 9.17) is 35.4 Å². The lowest BCUT2D eigenvalue weighted by Crippen LogP contribution is -2.29. The summed E-state index contributed by atoms with van der Waals surface area (Å²) in [4.78, 5) is 26.9. The van der Waals surface area contributed by atoms with Crippen molar-refractivity contribution in [3.05, 3.63) is 69.0 Å². The van der Waals surface area contributed by atoms with Crippen LogP contribution in [0.3, 0.4) is 0 Å². The van der Waals surface area contributed by atoms with Crippen LogP contribution >= 0.6 is 47.2 Å². The largest absolute Gasteiger partial charge is 0.326 e. The van der Waals surface area contributed by atoms with Crippen LogP contribution < -0.4 is 5.32 Å². The third-order valence-corrected chi connectivity index (χ3v) is 6.30. The smallest absolute Gasteiger partial charge is 0.266 e. The van der Waals surface area contributed by atoms with Gasteiger partial charge in [-0.15, -0.1) is 0 Å². The molecule has 0 saturated carbocycles. The van der Waals surface area contributed by atoms with Gasteiger partial charge in [-0.05, 0) is 54.8 Å². The summed E-state index contributed by atoms with van der Waals surface area (Å²) in [6, 6.07) is 14.4. The number of nitrogens with one attached hydrogen (secondary N) is 1. The van der Waals surface area contributed by atoms with Gasteiger partial charge in [-0.3, -0.25) is 14.5 Å². The number of rotatable bonds is 8. The third kappa shape index (κ3) is 6.57. The summed E-state index contributed by atoms with van der Waals surface area (Å²) in [5.74, 6) is -0.118. The van der Waals surface area contributed by atoms with Crippen LogP contribution in [-0.2, 0) is 9.59 Å². The zero-order valence-corrected chi connectivity index (χ0v) is 19.2. The minimum atomic E-state index is -0.0707. The molecular weight excluding hydrogens is 459 g/mol. The fourth-order valence-electron chi connectivity index (χ4n) is 2.93. The standard InChI is InChI=1S/C22H20Cl2N2O2S2/c23-16-10-8-15(9-11-16)13-19-21(28)26(22(29)30-19)12-3-1-2-7-20(27)25-18-6-4-5-17(24)14-18/h4-6,8-11,13-14H,1-3,7,12H2,(H,25,27)/b19-13-. The van der Waals surface area contributed by atoms with E-state index in [1.807, 2.05) is 18.2 Å². The average molecular weight is 479 g/mol. The second kappa shape index (κ2) is 11.0. The van der Waals surface area contributed by atoms with Gasteiger partial charge >= 0.3 is 0 Å². The van der Waals surface area contributed by atoms with E-state index in [0.717, 1.165) is 24.8 Å². The van der Waals surface area contributed by atoms with Gasteiger partial charge in [0, 0.05) is 28.7 Å².